The Bertz CT molecular complexity index is 625. The molecule has 0 aliphatic rings. The first-order valence-electron chi connectivity index (χ1n) is 5.53. The van der Waals surface area contributed by atoms with Gasteiger partial charge in [-0.1, -0.05) is 12.1 Å². The lowest BCUT2D eigenvalue weighted by Crippen LogP contribution is -1.91. The van der Waals surface area contributed by atoms with Crippen LogP contribution < -0.4 is 5.43 Å². The van der Waals surface area contributed by atoms with Gasteiger partial charge in [-0.25, -0.2) is 10.4 Å². The van der Waals surface area contributed by atoms with Crippen molar-refractivity contribution in [2.75, 3.05) is 11.7 Å². The molecule has 0 spiro atoms. The first-order valence-corrected chi connectivity index (χ1v) is 6.76. The number of nitriles is 1. The summed E-state index contributed by atoms with van der Waals surface area (Å²) in [5.41, 5.74) is 3.83. The van der Waals surface area contributed by atoms with Crippen molar-refractivity contribution < 1.29 is 4.42 Å². The molecule has 0 aliphatic carbocycles. The zero-order valence-electron chi connectivity index (χ0n) is 10.5. The molecule has 1 aromatic carbocycles. The summed E-state index contributed by atoms with van der Waals surface area (Å²) in [7, 11) is 0. The van der Waals surface area contributed by atoms with E-state index in [0.717, 1.165) is 5.56 Å². The number of aromatic nitrogens is 1. The largest absolute Gasteiger partial charge is 0.422 e. The molecule has 0 bridgehead atoms. The van der Waals surface area contributed by atoms with E-state index in [2.05, 4.69) is 15.5 Å². The molecule has 1 heterocycles. The zero-order valence-corrected chi connectivity index (χ0v) is 11.4. The van der Waals surface area contributed by atoms with Crippen molar-refractivity contribution in [2.24, 2.45) is 5.10 Å². The molecule has 5 nitrogen and oxygen atoms in total. The minimum atomic E-state index is 0.201. The second kappa shape index (κ2) is 6.07. The highest BCUT2D eigenvalue weighted by Crippen LogP contribution is 2.16. The SMILES string of the molecule is CSc1ccc(/C=N\Nc2oc(C)nc2C#N)cc1. The van der Waals surface area contributed by atoms with Gasteiger partial charge in [-0.15, -0.1) is 11.8 Å². The predicted octanol–water partition coefficient (Wildman–Crippen LogP) is 3.02. The summed E-state index contributed by atoms with van der Waals surface area (Å²) in [5.74, 6) is 0.690. The minimum Gasteiger partial charge on any atom is -0.422 e. The highest BCUT2D eigenvalue weighted by molar-refractivity contribution is 7.98. The molecule has 1 aromatic heterocycles. The number of oxazole rings is 1. The molecule has 0 saturated heterocycles. The highest BCUT2D eigenvalue weighted by Gasteiger charge is 2.08. The van der Waals surface area contributed by atoms with Crippen molar-refractivity contribution in [2.45, 2.75) is 11.8 Å². The van der Waals surface area contributed by atoms with Crippen LogP contribution in [0.2, 0.25) is 0 Å². The minimum absolute atomic E-state index is 0.201. The van der Waals surface area contributed by atoms with Gasteiger partial charge < -0.3 is 4.42 Å². The monoisotopic (exact) mass is 272 g/mol. The fourth-order valence-electron chi connectivity index (χ4n) is 1.43. The number of benzene rings is 1. The first-order chi connectivity index (χ1) is 9.22. The van der Waals surface area contributed by atoms with Gasteiger partial charge in [-0.05, 0) is 24.0 Å². The van der Waals surface area contributed by atoms with E-state index in [0.29, 0.717) is 5.89 Å². The maximum atomic E-state index is 8.84. The average Bonchev–Trinajstić information content (AvgIpc) is 2.80. The maximum absolute atomic E-state index is 8.84. The molecule has 6 heteroatoms. The summed E-state index contributed by atoms with van der Waals surface area (Å²) in [4.78, 5) is 5.11. The van der Waals surface area contributed by atoms with Crippen molar-refractivity contribution >= 4 is 23.9 Å². The van der Waals surface area contributed by atoms with Crippen LogP contribution in [0.15, 0.2) is 38.7 Å². The molecule has 0 amide bonds. The summed E-state index contributed by atoms with van der Waals surface area (Å²) in [5, 5.41) is 12.9. The van der Waals surface area contributed by atoms with Crippen molar-refractivity contribution in [1.82, 2.24) is 4.98 Å². The third kappa shape index (κ3) is 3.36. The zero-order chi connectivity index (χ0) is 13.7. The van der Waals surface area contributed by atoms with Gasteiger partial charge >= 0.3 is 0 Å². The van der Waals surface area contributed by atoms with Gasteiger partial charge in [0.1, 0.15) is 6.07 Å². The van der Waals surface area contributed by atoms with Crippen LogP contribution in [-0.4, -0.2) is 17.5 Å². The topological polar surface area (TPSA) is 74.2 Å². The molecular weight excluding hydrogens is 260 g/mol. The van der Waals surface area contributed by atoms with Crippen LogP contribution in [-0.2, 0) is 0 Å². The van der Waals surface area contributed by atoms with Crippen molar-refractivity contribution in [3.63, 3.8) is 0 Å². The molecule has 0 unspecified atom stereocenters. The van der Waals surface area contributed by atoms with Crippen LogP contribution in [0, 0.1) is 18.3 Å². The molecule has 0 aliphatic heterocycles. The second-order valence-corrected chi connectivity index (χ2v) is 4.55. The fourth-order valence-corrected chi connectivity index (χ4v) is 1.84. The lowest BCUT2D eigenvalue weighted by molar-refractivity contribution is 0.533. The van der Waals surface area contributed by atoms with E-state index in [1.54, 1.807) is 24.9 Å². The van der Waals surface area contributed by atoms with Gasteiger partial charge in [-0.2, -0.15) is 10.4 Å². The van der Waals surface area contributed by atoms with Gasteiger partial charge in [0.25, 0.3) is 5.88 Å². The van der Waals surface area contributed by atoms with Crippen LogP contribution in [0.5, 0.6) is 0 Å². The summed E-state index contributed by atoms with van der Waals surface area (Å²) in [6, 6.07) is 9.91. The van der Waals surface area contributed by atoms with Crippen LogP contribution >= 0.6 is 11.8 Å². The van der Waals surface area contributed by atoms with Gasteiger partial charge in [0, 0.05) is 11.8 Å². The number of thioether (sulfide) groups is 1. The molecule has 19 heavy (non-hydrogen) atoms. The van der Waals surface area contributed by atoms with E-state index in [1.165, 1.54) is 4.90 Å². The number of hydrazone groups is 1. The Labute approximate surface area is 115 Å². The number of nitrogens with zero attached hydrogens (tertiary/aromatic N) is 3. The summed E-state index contributed by atoms with van der Waals surface area (Å²) in [6.45, 7) is 1.68. The maximum Gasteiger partial charge on any atom is 0.252 e. The van der Waals surface area contributed by atoms with Gasteiger partial charge in [0.2, 0.25) is 5.69 Å². The van der Waals surface area contributed by atoms with E-state index >= 15 is 0 Å². The normalized spacial score (nSPS) is 10.6. The quantitative estimate of drug-likeness (QED) is 0.526. The number of hydrogen-bond donors (Lipinski definition) is 1. The van der Waals surface area contributed by atoms with Crippen LogP contribution in [0.25, 0.3) is 0 Å². The average molecular weight is 272 g/mol. The summed E-state index contributed by atoms with van der Waals surface area (Å²) < 4.78 is 5.22. The van der Waals surface area contributed by atoms with Crippen LogP contribution in [0.1, 0.15) is 17.1 Å². The molecule has 0 fully saturated rings. The van der Waals surface area contributed by atoms with Crippen molar-refractivity contribution in [1.29, 1.82) is 5.26 Å². The van der Waals surface area contributed by atoms with Crippen LogP contribution in [0.4, 0.5) is 5.88 Å². The summed E-state index contributed by atoms with van der Waals surface area (Å²) >= 11 is 1.69. The van der Waals surface area contributed by atoms with E-state index in [4.69, 9.17) is 9.68 Å². The summed E-state index contributed by atoms with van der Waals surface area (Å²) in [6.07, 6.45) is 3.68. The standard InChI is InChI=1S/C13H12N4OS/c1-9-16-12(7-14)13(18-9)17-15-8-10-3-5-11(19-2)6-4-10/h3-6,8,17H,1-2H3/b15-8-. The van der Waals surface area contributed by atoms with E-state index in [9.17, 15) is 0 Å². The van der Waals surface area contributed by atoms with E-state index in [-0.39, 0.29) is 11.6 Å². The molecule has 0 saturated carbocycles. The first kappa shape index (κ1) is 13.2. The lowest BCUT2D eigenvalue weighted by atomic mass is 10.2. The molecule has 0 radical (unpaired) electrons. The Morgan fingerprint density at radius 3 is 2.79 bits per heavy atom. The molecule has 2 aromatic rings. The van der Waals surface area contributed by atoms with Gasteiger partial charge in [0.05, 0.1) is 6.21 Å². The number of hydrogen-bond acceptors (Lipinski definition) is 6. The molecule has 1 N–H and O–H groups in total. The Morgan fingerprint density at radius 2 is 2.16 bits per heavy atom. The third-order valence-corrected chi connectivity index (χ3v) is 3.08. The smallest absolute Gasteiger partial charge is 0.252 e. The third-order valence-electron chi connectivity index (χ3n) is 2.34. The predicted molar refractivity (Wildman–Crippen MR) is 75.4 cm³/mol. The Morgan fingerprint density at radius 1 is 1.42 bits per heavy atom. The molecule has 2 rings (SSSR count). The van der Waals surface area contributed by atoms with E-state index < -0.39 is 0 Å². The van der Waals surface area contributed by atoms with Crippen molar-refractivity contribution in [3.05, 3.63) is 41.4 Å². The molecule has 0 atom stereocenters. The highest BCUT2D eigenvalue weighted by atomic mass is 32.2. The fraction of sp³-hybridized carbons (Fsp3) is 0.154. The second-order valence-electron chi connectivity index (χ2n) is 3.67. The number of aryl methyl sites for hydroxylation is 1. The number of anilines is 1. The van der Waals surface area contributed by atoms with E-state index in [1.807, 2.05) is 36.6 Å². The van der Waals surface area contributed by atoms with Crippen LogP contribution in [0.3, 0.4) is 0 Å². The number of rotatable bonds is 4. The Kier molecular flexibility index (Phi) is 4.21. The number of nitrogens with one attached hydrogen (secondary N) is 1. The molecular formula is C13H12N4OS. The molecule has 96 valence electrons. The van der Waals surface area contributed by atoms with Crippen molar-refractivity contribution in [3.8, 4) is 6.07 Å². The Hall–Kier alpha value is -2.26. The van der Waals surface area contributed by atoms with Gasteiger partial charge in [-0.3, -0.25) is 0 Å². The Balaban J connectivity index is 2.04. The van der Waals surface area contributed by atoms with Gasteiger partial charge in [0.15, 0.2) is 5.89 Å². The lowest BCUT2D eigenvalue weighted by Gasteiger charge is -1.97.